The minimum atomic E-state index is -0.644. The molecule has 0 aromatic heterocycles. The lowest BCUT2D eigenvalue weighted by Gasteiger charge is -2.25. The van der Waals surface area contributed by atoms with E-state index in [4.69, 9.17) is 4.74 Å². The third kappa shape index (κ3) is 3.84. The van der Waals surface area contributed by atoms with Gasteiger partial charge in [0.2, 0.25) is 0 Å². The molecule has 2 aromatic carbocycles. The largest absolute Gasteiger partial charge is 0.507 e. The quantitative estimate of drug-likeness (QED) is 0.418. The Bertz CT molecular complexity index is 989. The summed E-state index contributed by atoms with van der Waals surface area (Å²) in [5.41, 5.74) is 3.42. The van der Waals surface area contributed by atoms with Crippen LogP contribution in [0.2, 0.25) is 0 Å². The van der Waals surface area contributed by atoms with Gasteiger partial charge in [-0.05, 0) is 54.2 Å². The van der Waals surface area contributed by atoms with Gasteiger partial charge in [-0.1, -0.05) is 45.0 Å². The second kappa shape index (κ2) is 8.74. The van der Waals surface area contributed by atoms with Crippen LogP contribution in [-0.2, 0) is 9.59 Å². The van der Waals surface area contributed by atoms with Crippen LogP contribution >= 0.6 is 0 Å². The molecular weight excluding hydrogens is 378 g/mol. The molecule has 1 amide bonds. The van der Waals surface area contributed by atoms with Gasteiger partial charge in [-0.15, -0.1) is 0 Å². The molecule has 1 fully saturated rings. The average molecular weight is 408 g/mol. The standard InChI is InChI=1S/C25H29NO4/c1-6-13-26-22(18-9-7-17(8-10-18)15(2)3)21(24(28)25(26)29)23(27)20-12-11-19(30-5)14-16(20)4/h7-12,14-15,22,27H,6,13H2,1-5H3/b23-21-. The topological polar surface area (TPSA) is 66.8 Å². The zero-order valence-corrected chi connectivity index (χ0v) is 18.2. The molecule has 1 aliphatic rings. The van der Waals surface area contributed by atoms with Crippen LogP contribution in [0.25, 0.3) is 5.76 Å². The van der Waals surface area contributed by atoms with Gasteiger partial charge in [0.05, 0.1) is 18.7 Å². The molecule has 0 saturated carbocycles. The molecule has 1 atom stereocenters. The van der Waals surface area contributed by atoms with Gasteiger partial charge < -0.3 is 14.7 Å². The molecular formula is C25H29NO4. The van der Waals surface area contributed by atoms with Gasteiger partial charge in [0, 0.05) is 12.1 Å². The lowest BCUT2D eigenvalue weighted by Crippen LogP contribution is -2.30. The van der Waals surface area contributed by atoms with Crippen molar-refractivity contribution in [2.75, 3.05) is 13.7 Å². The van der Waals surface area contributed by atoms with E-state index in [1.54, 1.807) is 30.2 Å². The number of hydrogen-bond donors (Lipinski definition) is 1. The summed E-state index contributed by atoms with van der Waals surface area (Å²) in [5, 5.41) is 11.2. The van der Waals surface area contributed by atoms with Crippen molar-refractivity contribution in [2.24, 2.45) is 0 Å². The summed E-state index contributed by atoms with van der Waals surface area (Å²) >= 11 is 0. The molecule has 1 N–H and O–H groups in total. The fourth-order valence-corrected chi connectivity index (χ4v) is 3.94. The Hall–Kier alpha value is -3.08. The van der Waals surface area contributed by atoms with Gasteiger partial charge >= 0.3 is 0 Å². The lowest BCUT2D eigenvalue weighted by molar-refractivity contribution is -0.139. The van der Waals surface area contributed by atoms with Crippen molar-refractivity contribution in [2.45, 2.75) is 46.1 Å². The fraction of sp³-hybridized carbons (Fsp3) is 0.360. The number of carbonyl (C=O) groups is 2. The number of hydrogen-bond acceptors (Lipinski definition) is 4. The molecule has 30 heavy (non-hydrogen) atoms. The van der Waals surface area contributed by atoms with E-state index in [9.17, 15) is 14.7 Å². The third-order valence-electron chi connectivity index (χ3n) is 5.61. The van der Waals surface area contributed by atoms with Gasteiger partial charge in [0.25, 0.3) is 11.7 Å². The molecule has 5 nitrogen and oxygen atoms in total. The molecule has 1 heterocycles. The molecule has 1 aliphatic heterocycles. The molecule has 0 aliphatic carbocycles. The molecule has 5 heteroatoms. The van der Waals surface area contributed by atoms with Crippen LogP contribution in [0.5, 0.6) is 5.75 Å². The predicted molar refractivity (Wildman–Crippen MR) is 118 cm³/mol. The number of aliphatic hydroxyl groups is 1. The van der Waals surface area contributed by atoms with Crippen molar-refractivity contribution >= 4 is 17.4 Å². The van der Waals surface area contributed by atoms with Gasteiger partial charge in [-0.25, -0.2) is 0 Å². The molecule has 0 radical (unpaired) electrons. The van der Waals surface area contributed by atoms with Crippen molar-refractivity contribution in [3.8, 4) is 5.75 Å². The van der Waals surface area contributed by atoms with Crippen LogP contribution in [0.15, 0.2) is 48.0 Å². The van der Waals surface area contributed by atoms with E-state index in [1.165, 1.54) is 5.56 Å². The van der Waals surface area contributed by atoms with E-state index in [0.29, 0.717) is 23.8 Å². The number of nitrogens with zero attached hydrogens (tertiary/aromatic N) is 1. The third-order valence-corrected chi connectivity index (χ3v) is 5.61. The van der Waals surface area contributed by atoms with Crippen LogP contribution in [0.3, 0.4) is 0 Å². The van der Waals surface area contributed by atoms with E-state index >= 15 is 0 Å². The van der Waals surface area contributed by atoms with E-state index < -0.39 is 17.7 Å². The minimum Gasteiger partial charge on any atom is -0.507 e. The highest BCUT2D eigenvalue weighted by atomic mass is 16.5. The fourth-order valence-electron chi connectivity index (χ4n) is 3.94. The van der Waals surface area contributed by atoms with Gasteiger partial charge in [-0.2, -0.15) is 0 Å². The van der Waals surface area contributed by atoms with Gasteiger partial charge in [0.15, 0.2) is 0 Å². The maximum absolute atomic E-state index is 13.0. The summed E-state index contributed by atoms with van der Waals surface area (Å²) in [6.45, 7) is 8.48. The maximum Gasteiger partial charge on any atom is 0.295 e. The van der Waals surface area contributed by atoms with Crippen LogP contribution < -0.4 is 4.74 Å². The Morgan fingerprint density at radius 3 is 2.33 bits per heavy atom. The molecule has 158 valence electrons. The maximum atomic E-state index is 13.0. The van der Waals surface area contributed by atoms with E-state index in [2.05, 4.69) is 13.8 Å². The van der Waals surface area contributed by atoms with Crippen LogP contribution in [0.1, 0.15) is 61.4 Å². The first-order valence-corrected chi connectivity index (χ1v) is 10.3. The number of methoxy groups -OCH3 is 1. The number of ether oxygens (including phenoxy) is 1. The summed E-state index contributed by atoms with van der Waals surface area (Å²) in [5.74, 6) is -0.319. The van der Waals surface area contributed by atoms with Crippen molar-refractivity contribution in [3.63, 3.8) is 0 Å². The van der Waals surface area contributed by atoms with E-state index in [0.717, 1.165) is 17.5 Å². The second-order valence-corrected chi connectivity index (χ2v) is 7.99. The number of likely N-dealkylation sites (tertiary alicyclic amines) is 1. The normalized spacial score (nSPS) is 18.3. The molecule has 0 spiro atoms. The number of aliphatic hydroxyl groups excluding tert-OH is 1. The highest BCUT2D eigenvalue weighted by Gasteiger charge is 2.45. The Balaban J connectivity index is 2.17. The molecule has 0 bridgehead atoms. The second-order valence-electron chi connectivity index (χ2n) is 7.99. The van der Waals surface area contributed by atoms with Gasteiger partial charge in [0.1, 0.15) is 11.5 Å². The molecule has 2 aromatic rings. The summed E-state index contributed by atoms with van der Waals surface area (Å²) in [6.07, 6.45) is 0.717. The first-order valence-electron chi connectivity index (χ1n) is 10.3. The summed E-state index contributed by atoms with van der Waals surface area (Å²) in [6, 6.07) is 12.6. The molecule has 1 unspecified atom stereocenters. The Labute approximate surface area is 178 Å². The summed E-state index contributed by atoms with van der Waals surface area (Å²) in [4.78, 5) is 27.3. The number of Topliss-reactive ketones (excluding diaryl/α,β-unsaturated/α-hetero) is 1. The van der Waals surface area contributed by atoms with Crippen LogP contribution in [0, 0.1) is 6.92 Å². The zero-order chi connectivity index (χ0) is 22.0. The highest BCUT2D eigenvalue weighted by Crippen LogP contribution is 2.40. The first-order chi connectivity index (χ1) is 14.3. The zero-order valence-electron chi connectivity index (χ0n) is 18.2. The summed E-state index contributed by atoms with van der Waals surface area (Å²) < 4.78 is 5.24. The average Bonchev–Trinajstić information content (AvgIpc) is 2.98. The lowest BCUT2D eigenvalue weighted by atomic mass is 9.92. The number of ketones is 1. The van der Waals surface area contributed by atoms with Crippen molar-refractivity contribution in [3.05, 3.63) is 70.3 Å². The van der Waals surface area contributed by atoms with E-state index in [1.807, 2.05) is 38.1 Å². The van der Waals surface area contributed by atoms with E-state index in [-0.39, 0.29) is 11.3 Å². The van der Waals surface area contributed by atoms with Crippen molar-refractivity contribution in [1.82, 2.24) is 4.90 Å². The molecule has 1 saturated heterocycles. The number of aryl methyl sites for hydroxylation is 1. The summed E-state index contributed by atoms with van der Waals surface area (Å²) in [7, 11) is 1.57. The Morgan fingerprint density at radius 2 is 1.80 bits per heavy atom. The van der Waals surface area contributed by atoms with Crippen molar-refractivity contribution < 1.29 is 19.4 Å². The SMILES string of the molecule is CCCN1C(=O)C(=O)/C(=C(\O)c2ccc(OC)cc2C)C1c1ccc(C(C)C)cc1. The molecule has 3 rings (SSSR count). The van der Waals surface area contributed by atoms with Gasteiger partial charge in [-0.3, -0.25) is 9.59 Å². The number of benzene rings is 2. The number of rotatable bonds is 6. The monoisotopic (exact) mass is 407 g/mol. The first kappa shape index (κ1) is 21.6. The minimum absolute atomic E-state index is 0.138. The van der Waals surface area contributed by atoms with Crippen LogP contribution in [0.4, 0.5) is 0 Å². The number of amides is 1. The Kier molecular flexibility index (Phi) is 6.30. The Morgan fingerprint density at radius 1 is 1.13 bits per heavy atom. The number of carbonyl (C=O) groups excluding carboxylic acids is 2. The smallest absolute Gasteiger partial charge is 0.295 e. The predicted octanol–water partition coefficient (Wildman–Crippen LogP) is 4.96. The van der Waals surface area contributed by atoms with Crippen LogP contribution in [-0.4, -0.2) is 35.4 Å². The highest BCUT2D eigenvalue weighted by molar-refractivity contribution is 6.46. The van der Waals surface area contributed by atoms with Crippen molar-refractivity contribution in [1.29, 1.82) is 0 Å².